The molecule has 0 amide bonds. The molecule has 1 aliphatic heterocycles. The first-order valence-electron chi connectivity index (χ1n) is 13.2. The number of hydrogen-bond acceptors (Lipinski definition) is 4. The Hall–Kier alpha value is -2.58. The van der Waals surface area contributed by atoms with Crippen molar-refractivity contribution in [1.29, 1.82) is 0 Å². The fourth-order valence-corrected chi connectivity index (χ4v) is 8.66. The first-order chi connectivity index (χ1) is 17.2. The van der Waals surface area contributed by atoms with Crippen LogP contribution in [-0.4, -0.2) is 24.7 Å². The molecule has 1 N–H and O–H groups in total. The van der Waals surface area contributed by atoms with E-state index in [0.29, 0.717) is 30.7 Å². The summed E-state index contributed by atoms with van der Waals surface area (Å²) in [5, 5.41) is 3.04. The molecule has 35 heavy (non-hydrogen) atoms. The van der Waals surface area contributed by atoms with Crippen molar-refractivity contribution in [3.8, 4) is 23.3 Å². The van der Waals surface area contributed by atoms with Gasteiger partial charge in [-0.3, -0.25) is 4.99 Å². The summed E-state index contributed by atoms with van der Waals surface area (Å²) >= 11 is 4.88. The largest absolute Gasteiger partial charge is 0.454 e. The number of nitrogens with one attached hydrogen (secondary N) is 1. The Labute approximate surface area is 213 Å². The minimum atomic E-state index is 0.272. The number of allylic oxidation sites excluding steroid dienone is 4. The number of nitrogens with zero attached hydrogens (tertiary/aromatic N) is 1. The Kier molecular flexibility index (Phi) is 4.93. The molecule has 180 valence electrons. The number of ether oxygens (including phenoxy) is 2. The molecule has 1 unspecified atom stereocenters. The van der Waals surface area contributed by atoms with Crippen molar-refractivity contribution in [2.75, 3.05) is 13.5 Å². The lowest BCUT2D eigenvalue weighted by Crippen LogP contribution is -2.38. The Morgan fingerprint density at radius 1 is 1.20 bits per heavy atom. The summed E-state index contributed by atoms with van der Waals surface area (Å²) in [6, 6.07) is 6.69. The predicted molar refractivity (Wildman–Crippen MR) is 142 cm³/mol. The van der Waals surface area contributed by atoms with E-state index in [1.807, 2.05) is 6.92 Å². The Morgan fingerprint density at radius 2 is 2.11 bits per heavy atom. The van der Waals surface area contributed by atoms with Crippen LogP contribution in [0.2, 0.25) is 0 Å². The Morgan fingerprint density at radius 3 is 3.00 bits per heavy atom. The number of aliphatic imine (C=N–C) groups is 1. The lowest BCUT2D eigenvalue weighted by Gasteiger charge is -2.48. The number of rotatable bonds is 4. The van der Waals surface area contributed by atoms with Gasteiger partial charge < -0.3 is 14.8 Å². The fourth-order valence-electron chi connectivity index (χ4n) is 8.59. The maximum atomic E-state index is 5.81. The number of thiocarbonyl (C=S) groups is 1. The quantitative estimate of drug-likeness (QED) is 0.319. The molecule has 0 bridgehead atoms. The van der Waals surface area contributed by atoms with Crippen molar-refractivity contribution in [3.05, 3.63) is 46.6 Å². The average molecular weight is 485 g/mol. The summed E-state index contributed by atoms with van der Waals surface area (Å²) < 4.78 is 11.5. The van der Waals surface area contributed by atoms with Crippen molar-refractivity contribution >= 4 is 23.4 Å². The summed E-state index contributed by atoms with van der Waals surface area (Å²) in [6.07, 6.45) is 12.1. The van der Waals surface area contributed by atoms with E-state index < -0.39 is 0 Å². The van der Waals surface area contributed by atoms with Gasteiger partial charge in [0.25, 0.3) is 0 Å². The van der Waals surface area contributed by atoms with Gasteiger partial charge >= 0.3 is 0 Å². The highest BCUT2D eigenvalue weighted by Gasteiger charge is 2.76. The molecular formula is C30H32N2O2S. The number of hydrogen-bond donors (Lipinski definition) is 1. The predicted octanol–water partition coefficient (Wildman–Crippen LogP) is 6.08. The van der Waals surface area contributed by atoms with Crippen molar-refractivity contribution in [1.82, 2.24) is 5.32 Å². The van der Waals surface area contributed by atoms with E-state index in [-0.39, 0.29) is 5.41 Å². The van der Waals surface area contributed by atoms with Gasteiger partial charge in [-0.2, -0.15) is 0 Å². The summed E-state index contributed by atoms with van der Waals surface area (Å²) in [4.78, 5) is 4.75. The molecule has 1 aromatic carbocycles. The van der Waals surface area contributed by atoms with Crippen LogP contribution in [0.5, 0.6) is 11.5 Å². The molecule has 4 nitrogen and oxygen atoms in total. The van der Waals surface area contributed by atoms with Crippen molar-refractivity contribution in [2.24, 2.45) is 27.7 Å². The molecule has 5 heteroatoms. The van der Waals surface area contributed by atoms with Crippen LogP contribution < -0.4 is 14.8 Å². The summed E-state index contributed by atoms with van der Waals surface area (Å²) in [5.41, 5.74) is 9.74. The first kappa shape index (κ1) is 21.7. The van der Waals surface area contributed by atoms with Gasteiger partial charge in [-0.05, 0) is 110 Å². The molecule has 0 saturated heterocycles. The normalized spacial score (nSPS) is 36.8. The highest BCUT2D eigenvalue weighted by atomic mass is 32.1. The molecule has 3 saturated carbocycles. The van der Waals surface area contributed by atoms with Crippen molar-refractivity contribution in [2.45, 2.75) is 64.2 Å². The van der Waals surface area contributed by atoms with Crippen LogP contribution in [-0.2, 0) is 0 Å². The molecule has 1 aromatic rings. The first-order valence-corrected chi connectivity index (χ1v) is 13.6. The zero-order chi connectivity index (χ0) is 23.6. The second-order valence-electron chi connectivity index (χ2n) is 11.2. The summed E-state index contributed by atoms with van der Waals surface area (Å²) in [7, 11) is 0. The number of benzene rings is 1. The van der Waals surface area contributed by atoms with E-state index in [0.717, 1.165) is 30.3 Å². The lowest BCUT2D eigenvalue weighted by atomic mass is 9.56. The zero-order valence-electron chi connectivity index (χ0n) is 20.4. The van der Waals surface area contributed by atoms with Gasteiger partial charge in [0.05, 0.1) is 5.49 Å². The monoisotopic (exact) mass is 484 g/mol. The van der Waals surface area contributed by atoms with Crippen LogP contribution >= 0.6 is 12.2 Å². The van der Waals surface area contributed by atoms with Crippen LogP contribution in [0, 0.1) is 34.5 Å². The SMILES string of the molecule is CC#C[C@]12CCC3[C@@H]4CCC5=C/C(=N/CNC=S)CCC5=C4[C@@H](c4ccc5c(c4)OCO5)C[C@@]31C2. The van der Waals surface area contributed by atoms with E-state index in [2.05, 4.69) is 41.4 Å². The molecule has 0 aromatic heterocycles. The smallest absolute Gasteiger partial charge is 0.231 e. The van der Waals surface area contributed by atoms with Gasteiger partial charge in [0, 0.05) is 17.0 Å². The maximum absolute atomic E-state index is 5.81. The van der Waals surface area contributed by atoms with Gasteiger partial charge in [-0.15, -0.1) is 5.92 Å². The van der Waals surface area contributed by atoms with Crippen molar-refractivity contribution in [3.63, 3.8) is 0 Å². The molecular weight excluding hydrogens is 452 g/mol. The molecule has 6 aliphatic rings. The van der Waals surface area contributed by atoms with Gasteiger partial charge in [-0.25, -0.2) is 0 Å². The second-order valence-corrected chi connectivity index (χ2v) is 11.4. The standard InChI is InChI=1S/C30H32N2O2S/c1-2-10-29-11-9-25-23-6-3-19-12-21(32-16-31-17-35)5-7-22(19)28(23)24(14-30(25,29)15-29)20-4-8-26-27(13-20)34-18-33-26/h4,8,12-13,17,23-25H,3,5-7,9,11,14-16,18H2,1H3,(H,31,35)/b32-21+/t23-,24+,25?,29+,30+/m0/s1. The van der Waals surface area contributed by atoms with E-state index in [1.54, 1.807) is 16.6 Å². The Balaban J connectivity index is 1.33. The molecule has 5 atom stereocenters. The van der Waals surface area contributed by atoms with Gasteiger partial charge in [0.15, 0.2) is 11.5 Å². The highest BCUT2D eigenvalue weighted by Crippen LogP contribution is 2.83. The summed E-state index contributed by atoms with van der Waals surface area (Å²) in [6.45, 7) is 2.93. The van der Waals surface area contributed by atoms with Crippen molar-refractivity contribution < 1.29 is 9.47 Å². The van der Waals surface area contributed by atoms with E-state index in [1.165, 1.54) is 55.4 Å². The molecule has 0 radical (unpaired) electrons. The molecule has 5 aliphatic carbocycles. The van der Waals surface area contributed by atoms with Gasteiger partial charge in [0.1, 0.15) is 6.67 Å². The number of fused-ring (bicyclic) bond motifs is 4. The average Bonchev–Trinajstić information content (AvgIpc) is 3.17. The molecule has 3 fully saturated rings. The Bertz CT molecular complexity index is 1270. The van der Waals surface area contributed by atoms with Gasteiger partial charge in [-0.1, -0.05) is 29.8 Å². The molecule has 1 spiro atoms. The molecule has 7 rings (SSSR count). The maximum Gasteiger partial charge on any atom is 0.231 e. The van der Waals surface area contributed by atoms with Crippen LogP contribution in [0.15, 0.2) is 46.0 Å². The third-order valence-electron chi connectivity index (χ3n) is 9.92. The van der Waals surface area contributed by atoms with Crippen LogP contribution in [0.25, 0.3) is 0 Å². The lowest BCUT2D eigenvalue weighted by molar-refractivity contribution is 0.159. The topological polar surface area (TPSA) is 42.9 Å². The van der Waals surface area contributed by atoms with E-state index >= 15 is 0 Å². The minimum Gasteiger partial charge on any atom is -0.454 e. The third-order valence-corrected chi connectivity index (χ3v) is 10.1. The summed E-state index contributed by atoms with van der Waals surface area (Å²) in [5.74, 6) is 10.7. The van der Waals surface area contributed by atoms with Gasteiger partial charge in [0.2, 0.25) is 6.79 Å². The highest BCUT2D eigenvalue weighted by molar-refractivity contribution is 7.78. The fraction of sp³-hybridized carbons (Fsp3) is 0.533. The van der Waals surface area contributed by atoms with Crippen LogP contribution in [0.4, 0.5) is 0 Å². The van der Waals surface area contributed by atoms with Crippen LogP contribution in [0.3, 0.4) is 0 Å². The van der Waals surface area contributed by atoms with E-state index in [4.69, 9.17) is 26.7 Å². The zero-order valence-corrected chi connectivity index (χ0v) is 21.2. The second kappa shape index (κ2) is 7.96. The third kappa shape index (κ3) is 3.12. The minimum absolute atomic E-state index is 0.272. The van der Waals surface area contributed by atoms with Crippen LogP contribution in [0.1, 0.15) is 69.8 Å². The van der Waals surface area contributed by atoms with E-state index in [9.17, 15) is 0 Å². The molecule has 1 heterocycles.